The minimum Gasteiger partial charge on any atom is -0.480 e. The Morgan fingerprint density at radius 3 is 1.68 bits per heavy atom. The number of phosphoric acid groups is 1. The van der Waals surface area contributed by atoms with Gasteiger partial charge in [-0.2, -0.15) is 0 Å². The molecule has 0 rings (SSSR count). The summed E-state index contributed by atoms with van der Waals surface area (Å²) in [5.41, 5.74) is 10.5. The number of hydrogen-bond acceptors (Lipinski definition) is 4. The van der Waals surface area contributed by atoms with Crippen LogP contribution in [-0.2, 0) is 9.36 Å². The predicted octanol–water partition coefficient (Wildman–Crippen LogP) is 2.86. The summed E-state index contributed by atoms with van der Waals surface area (Å²) in [7, 11) is -4.64. The van der Waals surface area contributed by atoms with Crippen LogP contribution in [0.4, 0.5) is 0 Å². The molecule has 0 aromatic carbocycles. The van der Waals surface area contributed by atoms with Gasteiger partial charge in [-0.3, -0.25) is 9.79 Å². The number of aliphatic imine (C=N–C) groups is 1. The van der Waals surface area contributed by atoms with Crippen molar-refractivity contribution < 1.29 is 29.1 Å². The first kappa shape index (κ1) is 32.0. The SMILES string of the molecule is CCCCCCCCCCCCCCN[C@@H](CCCN=C(N)N)C(=O)O.O=P(O)(O)O. The van der Waals surface area contributed by atoms with Crippen LogP contribution in [0.3, 0.4) is 0 Å². The third kappa shape index (κ3) is 33.6. The lowest BCUT2D eigenvalue weighted by Gasteiger charge is -2.13. The molecule has 0 saturated carbocycles. The van der Waals surface area contributed by atoms with Gasteiger partial charge < -0.3 is 36.6 Å². The van der Waals surface area contributed by atoms with Gasteiger partial charge in [-0.15, -0.1) is 0 Å². The number of unbranched alkanes of at least 4 members (excludes halogenated alkanes) is 11. The molecule has 186 valence electrons. The molecule has 0 aromatic rings. The fourth-order valence-corrected chi connectivity index (χ4v) is 3.06. The first-order chi connectivity index (χ1) is 14.6. The quantitative estimate of drug-likeness (QED) is 0.0646. The first-order valence-corrected chi connectivity index (χ1v) is 12.9. The molecule has 0 aliphatic carbocycles. The number of rotatable bonds is 19. The number of hydrogen-bond donors (Lipinski definition) is 7. The highest BCUT2D eigenvalue weighted by Gasteiger charge is 2.15. The van der Waals surface area contributed by atoms with E-state index in [0.717, 1.165) is 13.0 Å². The molecule has 0 aliphatic rings. The molecule has 10 nitrogen and oxygen atoms in total. The van der Waals surface area contributed by atoms with E-state index in [9.17, 15) is 9.90 Å². The Labute approximate surface area is 187 Å². The molecule has 1 atom stereocenters. The van der Waals surface area contributed by atoms with E-state index < -0.39 is 19.8 Å². The van der Waals surface area contributed by atoms with Crippen LogP contribution in [0, 0.1) is 0 Å². The van der Waals surface area contributed by atoms with E-state index in [1.807, 2.05) is 0 Å². The van der Waals surface area contributed by atoms with Crippen molar-refractivity contribution in [1.82, 2.24) is 5.32 Å². The average molecular weight is 469 g/mol. The molecular weight excluding hydrogens is 423 g/mol. The summed E-state index contributed by atoms with van der Waals surface area (Å²) >= 11 is 0. The van der Waals surface area contributed by atoms with Gasteiger partial charge in [0, 0.05) is 6.54 Å². The number of nitrogens with one attached hydrogen (secondary N) is 1. The third-order valence-electron chi connectivity index (χ3n) is 4.66. The monoisotopic (exact) mass is 468 g/mol. The number of carbonyl (C=O) groups is 1. The summed E-state index contributed by atoms with van der Waals surface area (Å²) in [5, 5.41) is 12.4. The largest absolute Gasteiger partial charge is 0.480 e. The van der Waals surface area contributed by atoms with Gasteiger partial charge in [-0.05, 0) is 25.8 Å². The molecular formula is C20H45N4O6P. The number of guanidine groups is 1. The Kier molecular flexibility index (Phi) is 22.7. The standard InChI is InChI=1S/C20H42N4O2.H3O4P/c1-2-3-4-5-6-7-8-9-10-11-12-13-16-23-18(19(25)26)15-14-17-24-20(21)22;1-5(2,3)4/h18,23H,2-17H2,1H3,(H,25,26)(H4,21,22,24);(H3,1,2,3,4)/t18-;/m0./s1. The van der Waals surface area contributed by atoms with Crippen LogP contribution >= 0.6 is 7.82 Å². The van der Waals surface area contributed by atoms with Gasteiger partial charge in [0.05, 0.1) is 0 Å². The van der Waals surface area contributed by atoms with Gasteiger partial charge >= 0.3 is 13.8 Å². The van der Waals surface area contributed by atoms with E-state index in [2.05, 4.69) is 17.2 Å². The topological polar surface area (TPSA) is 191 Å². The van der Waals surface area contributed by atoms with Gasteiger partial charge in [0.1, 0.15) is 6.04 Å². The lowest BCUT2D eigenvalue weighted by atomic mass is 10.1. The average Bonchev–Trinajstić information content (AvgIpc) is 2.65. The summed E-state index contributed by atoms with van der Waals surface area (Å²) in [4.78, 5) is 36.7. The highest BCUT2D eigenvalue weighted by molar-refractivity contribution is 7.45. The minimum absolute atomic E-state index is 0.0568. The highest BCUT2D eigenvalue weighted by atomic mass is 31.2. The second kappa shape index (κ2) is 22.0. The molecule has 0 aromatic heterocycles. The second-order valence-electron chi connectivity index (χ2n) is 7.70. The first-order valence-electron chi connectivity index (χ1n) is 11.4. The number of nitrogens with two attached hydrogens (primary N) is 2. The molecule has 31 heavy (non-hydrogen) atoms. The maximum absolute atomic E-state index is 11.2. The van der Waals surface area contributed by atoms with Crippen LogP contribution in [0.25, 0.3) is 0 Å². The zero-order chi connectivity index (χ0) is 24.0. The summed E-state index contributed by atoms with van der Waals surface area (Å²) in [6, 6.07) is -0.503. The zero-order valence-corrected chi connectivity index (χ0v) is 19.9. The fraction of sp³-hybridized carbons (Fsp3) is 0.900. The van der Waals surface area contributed by atoms with Crippen molar-refractivity contribution in [3.05, 3.63) is 0 Å². The molecule has 11 heteroatoms. The minimum atomic E-state index is -4.64. The summed E-state index contributed by atoms with van der Waals surface area (Å²) in [5.74, 6) is -0.741. The molecule has 0 unspecified atom stereocenters. The molecule has 0 fully saturated rings. The van der Waals surface area contributed by atoms with Gasteiger partial charge in [0.25, 0.3) is 0 Å². The van der Waals surface area contributed by atoms with Crippen LogP contribution in [0.1, 0.15) is 96.8 Å². The van der Waals surface area contributed by atoms with Crippen molar-refractivity contribution in [2.45, 2.75) is 103 Å². The molecule has 0 bridgehead atoms. The molecule has 0 spiro atoms. The van der Waals surface area contributed by atoms with E-state index in [4.69, 9.17) is 30.7 Å². The molecule has 0 heterocycles. The maximum atomic E-state index is 11.2. The Hall–Kier alpha value is -1.19. The Morgan fingerprint density at radius 2 is 1.29 bits per heavy atom. The lowest BCUT2D eigenvalue weighted by Crippen LogP contribution is -2.37. The number of carboxylic acids is 1. The van der Waals surface area contributed by atoms with Crippen molar-refractivity contribution in [3.63, 3.8) is 0 Å². The van der Waals surface area contributed by atoms with E-state index >= 15 is 0 Å². The zero-order valence-electron chi connectivity index (χ0n) is 19.0. The van der Waals surface area contributed by atoms with Crippen LogP contribution in [0.5, 0.6) is 0 Å². The van der Waals surface area contributed by atoms with E-state index in [-0.39, 0.29) is 5.96 Å². The van der Waals surface area contributed by atoms with Crippen molar-refractivity contribution in [3.8, 4) is 0 Å². The van der Waals surface area contributed by atoms with Crippen LogP contribution in [0.15, 0.2) is 4.99 Å². The number of nitrogens with zero attached hydrogens (tertiary/aromatic N) is 1. The van der Waals surface area contributed by atoms with E-state index in [1.165, 1.54) is 70.6 Å². The molecule has 0 saturated heterocycles. The Balaban J connectivity index is 0. The van der Waals surface area contributed by atoms with Crippen molar-refractivity contribution >= 4 is 19.8 Å². The van der Waals surface area contributed by atoms with Gasteiger partial charge in [-0.25, -0.2) is 4.57 Å². The lowest BCUT2D eigenvalue weighted by molar-refractivity contribution is -0.139. The summed E-state index contributed by atoms with van der Waals surface area (Å²) in [6.45, 7) is 3.50. The van der Waals surface area contributed by atoms with Crippen LogP contribution in [0.2, 0.25) is 0 Å². The molecule has 0 aliphatic heterocycles. The molecule has 0 radical (unpaired) electrons. The van der Waals surface area contributed by atoms with E-state index in [0.29, 0.717) is 19.4 Å². The maximum Gasteiger partial charge on any atom is 0.466 e. The van der Waals surface area contributed by atoms with Crippen LogP contribution < -0.4 is 16.8 Å². The predicted molar refractivity (Wildman–Crippen MR) is 125 cm³/mol. The van der Waals surface area contributed by atoms with E-state index in [1.54, 1.807) is 0 Å². The van der Waals surface area contributed by atoms with Gasteiger partial charge in [0.2, 0.25) is 0 Å². The Bertz CT molecular complexity index is 490. The summed E-state index contributed by atoms with van der Waals surface area (Å²) < 4.78 is 8.88. The van der Waals surface area contributed by atoms with Crippen molar-refractivity contribution in [2.24, 2.45) is 16.5 Å². The second-order valence-corrected chi connectivity index (χ2v) is 8.72. The van der Waals surface area contributed by atoms with Crippen LogP contribution in [-0.4, -0.2) is 50.8 Å². The van der Waals surface area contributed by atoms with Gasteiger partial charge in [-0.1, -0.05) is 77.6 Å². The van der Waals surface area contributed by atoms with Gasteiger partial charge in [0.15, 0.2) is 5.96 Å². The third-order valence-corrected chi connectivity index (χ3v) is 4.66. The molecule has 0 amide bonds. The summed E-state index contributed by atoms with van der Waals surface area (Å²) in [6.07, 6.45) is 16.9. The number of aliphatic carboxylic acids is 1. The van der Waals surface area contributed by atoms with Crippen molar-refractivity contribution in [1.29, 1.82) is 0 Å². The normalized spacial score (nSPS) is 12.0. The number of carboxylic acid groups (broad SMARTS) is 1. The Morgan fingerprint density at radius 1 is 0.871 bits per heavy atom. The smallest absolute Gasteiger partial charge is 0.466 e. The highest BCUT2D eigenvalue weighted by Crippen LogP contribution is 2.25. The molecule has 9 N–H and O–H groups in total. The van der Waals surface area contributed by atoms with Crippen molar-refractivity contribution in [2.75, 3.05) is 13.1 Å². The fourth-order valence-electron chi connectivity index (χ4n) is 3.06.